The van der Waals surface area contributed by atoms with Crippen LogP contribution in [0.4, 0.5) is 0 Å². The largest absolute Gasteiger partial charge is 0.421 e. The molecule has 0 spiro atoms. The molecule has 190 valence electrons. The third-order valence-corrected chi connectivity index (χ3v) is 13.7. The zero-order valence-electron chi connectivity index (χ0n) is 20.8. The Morgan fingerprint density at radius 1 is 0.714 bits per heavy atom. The summed E-state index contributed by atoms with van der Waals surface area (Å²) in [6.07, 6.45) is 17.7. The van der Waals surface area contributed by atoms with Crippen molar-refractivity contribution in [2.75, 3.05) is 6.16 Å². The summed E-state index contributed by atoms with van der Waals surface area (Å²) in [6, 6.07) is 7.78. The summed E-state index contributed by atoms with van der Waals surface area (Å²) in [5.74, 6) is 2.45. The lowest BCUT2D eigenvalue weighted by Gasteiger charge is -2.39. The van der Waals surface area contributed by atoms with Crippen LogP contribution in [0.1, 0.15) is 107 Å². The molecule has 0 aliphatic heterocycles. The van der Waals surface area contributed by atoms with E-state index in [1.807, 2.05) is 24.3 Å². The summed E-state index contributed by atoms with van der Waals surface area (Å²) in [5, 5.41) is 0. The summed E-state index contributed by atoms with van der Waals surface area (Å²) in [5.41, 5.74) is 0.319. The average molecular weight is 563 g/mol. The summed E-state index contributed by atoms with van der Waals surface area (Å²) in [4.78, 5) is 13.9. The van der Waals surface area contributed by atoms with E-state index in [4.69, 9.17) is 13.6 Å². The SMILES string of the molecule is O=C(C[P+](OC12CCC(CC1)C2)(OC12CCC(CC1)C2)OC12CCC(CC1)C2)c1ccc(Br)cc1. The summed E-state index contributed by atoms with van der Waals surface area (Å²) in [7, 11) is -2.90. The number of halogens is 1. The van der Waals surface area contributed by atoms with Gasteiger partial charge in [-0.3, -0.25) is 4.79 Å². The first-order valence-corrected chi connectivity index (χ1v) is 16.7. The molecule has 6 saturated carbocycles. The predicted molar refractivity (Wildman–Crippen MR) is 141 cm³/mol. The van der Waals surface area contributed by atoms with E-state index in [1.165, 1.54) is 38.5 Å². The maximum Gasteiger partial charge on any atom is 0.421 e. The lowest BCUT2D eigenvalue weighted by Crippen LogP contribution is -2.39. The minimum atomic E-state index is -2.90. The van der Waals surface area contributed by atoms with Crippen LogP contribution in [0.25, 0.3) is 0 Å². The van der Waals surface area contributed by atoms with Gasteiger partial charge in [-0.05, 0) is 126 Å². The number of hydrogen-bond acceptors (Lipinski definition) is 4. The van der Waals surface area contributed by atoms with Crippen LogP contribution < -0.4 is 0 Å². The number of carbonyl (C=O) groups is 1. The molecule has 0 aromatic heterocycles. The van der Waals surface area contributed by atoms with Gasteiger partial charge in [0.25, 0.3) is 0 Å². The quantitative estimate of drug-likeness (QED) is 0.224. The first-order chi connectivity index (χ1) is 16.9. The lowest BCUT2D eigenvalue weighted by atomic mass is 9.98. The Bertz CT molecular complexity index is 890. The Morgan fingerprint density at radius 3 is 1.40 bits per heavy atom. The van der Waals surface area contributed by atoms with Crippen LogP contribution >= 0.6 is 23.9 Å². The fraction of sp³-hybridized carbons (Fsp3) is 0.759. The highest BCUT2D eigenvalue weighted by molar-refractivity contribution is 9.10. The van der Waals surface area contributed by atoms with Crippen LogP contribution in [0.15, 0.2) is 28.7 Å². The minimum absolute atomic E-state index is 0.114. The van der Waals surface area contributed by atoms with E-state index in [1.54, 1.807) is 0 Å². The molecule has 0 heterocycles. The molecule has 7 rings (SSSR count). The Morgan fingerprint density at radius 2 is 1.09 bits per heavy atom. The molecule has 6 heteroatoms. The first-order valence-electron chi connectivity index (χ1n) is 14.2. The number of benzene rings is 1. The second-order valence-corrected chi connectivity index (χ2v) is 16.0. The van der Waals surface area contributed by atoms with Gasteiger partial charge in [-0.15, -0.1) is 0 Å². The third kappa shape index (κ3) is 4.40. The van der Waals surface area contributed by atoms with Crippen LogP contribution in [0.2, 0.25) is 0 Å². The van der Waals surface area contributed by atoms with Gasteiger partial charge in [-0.2, -0.15) is 13.6 Å². The van der Waals surface area contributed by atoms with Crippen molar-refractivity contribution in [3.05, 3.63) is 34.3 Å². The molecule has 6 aliphatic carbocycles. The number of carbonyl (C=O) groups excluding carboxylic acids is 1. The molecule has 35 heavy (non-hydrogen) atoms. The average Bonchev–Trinajstić information content (AvgIpc) is 3.67. The van der Waals surface area contributed by atoms with Gasteiger partial charge in [0.05, 0.1) is 0 Å². The van der Waals surface area contributed by atoms with Gasteiger partial charge in [-0.25, -0.2) is 0 Å². The van der Waals surface area contributed by atoms with Crippen LogP contribution in [-0.4, -0.2) is 28.7 Å². The van der Waals surface area contributed by atoms with Crippen LogP contribution in [0, 0.1) is 17.8 Å². The van der Waals surface area contributed by atoms with E-state index in [0.717, 1.165) is 85.6 Å². The predicted octanol–water partition coefficient (Wildman–Crippen LogP) is 8.44. The fourth-order valence-electron chi connectivity index (χ4n) is 8.74. The molecule has 1 aromatic carbocycles. The van der Waals surface area contributed by atoms with Crippen molar-refractivity contribution in [3.63, 3.8) is 0 Å². The first kappa shape index (κ1) is 23.8. The maximum atomic E-state index is 13.9. The molecule has 0 amide bonds. The molecule has 6 aliphatic rings. The molecule has 0 radical (unpaired) electrons. The molecule has 6 bridgehead atoms. The number of hydrogen-bond donors (Lipinski definition) is 0. The molecule has 6 fully saturated rings. The Labute approximate surface area is 219 Å². The van der Waals surface area contributed by atoms with Crippen LogP contribution in [-0.2, 0) is 13.6 Å². The topological polar surface area (TPSA) is 44.8 Å². The van der Waals surface area contributed by atoms with Gasteiger partial charge in [0.15, 0.2) is 0 Å². The standard InChI is InChI=1S/C29H39BrO4P/c30-25-3-1-24(2-4-25)26(31)20-35(32-27-11-5-21(17-27)6-12-27,33-28-13-7-22(18-28)8-14-28)34-29-15-9-23(19-29)10-16-29/h1-4,21-23H,5-20H2/q+1. The minimum Gasteiger partial charge on any atom is -0.290 e. The van der Waals surface area contributed by atoms with Crippen molar-refractivity contribution in [1.82, 2.24) is 0 Å². The van der Waals surface area contributed by atoms with Crippen molar-refractivity contribution < 1.29 is 18.4 Å². The lowest BCUT2D eigenvalue weighted by molar-refractivity contribution is -0.0506. The molecule has 1 aromatic rings. The van der Waals surface area contributed by atoms with Crippen molar-refractivity contribution in [2.45, 2.75) is 113 Å². The van der Waals surface area contributed by atoms with Crippen molar-refractivity contribution in [1.29, 1.82) is 0 Å². The molecule has 4 nitrogen and oxygen atoms in total. The third-order valence-electron chi connectivity index (χ3n) is 10.5. The monoisotopic (exact) mass is 561 g/mol. The molecule has 0 unspecified atom stereocenters. The summed E-state index contributed by atoms with van der Waals surface area (Å²) >= 11 is 3.52. The Balaban J connectivity index is 1.26. The zero-order chi connectivity index (χ0) is 23.7. The Hall–Kier alpha value is -0.320. The molecule has 0 N–H and O–H groups in total. The maximum absolute atomic E-state index is 13.9. The fourth-order valence-corrected chi connectivity index (χ4v) is 12.4. The van der Waals surface area contributed by atoms with E-state index in [-0.39, 0.29) is 28.7 Å². The molecular weight excluding hydrogens is 523 g/mol. The van der Waals surface area contributed by atoms with Gasteiger partial charge >= 0.3 is 7.94 Å². The van der Waals surface area contributed by atoms with E-state index in [2.05, 4.69) is 15.9 Å². The van der Waals surface area contributed by atoms with Gasteiger partial charge in [0, 0.05) is 10.0 Å². The highest BCUT2D eigenvalue weighted by Gasteiger charge is 2.67. The highest BCUT2D eigenvalue weighted by Crippen LogP contribution is 2.76. The van der Waals surface area contributed by atoms with Crippen LogP contribution in [0.3, 0.4) is 0 Å². The number of fused-ring (bicyclic) bond motifs is 6. The second-order valence-electron chi connectivity index (χ2n) is 13.0. The summed E-state index contributed by atoms with van der Waals surface area (Å²) < 4.78 is 23.0. The highest BCUT2D eigenvalue weighted by atomic mass is 79.9. The van der Waals surface area contributed by atoms with Gasteiger partial charge in [0.1, 0.15) is 16.8 Å². The number of ketones is 1. The van der Waals surface area contributed by atoms with E-state index in [9.17, 15) is 4.79 Å². The summed E-state index contributed by atoms with van der Waals surface area (Å²) in [6.45, 7) is 0. The van der Waals surface area contributed by atoms with Gasteiger partial charge in [0.2, 0.25) is 11.9 Å². The molecular formula is C29H39BrO4P+. The van der Waals surface area contributed by atoms with E-state index in [0.29, 0.717) is 0 Å². The van der Waals surface area contributed by atoms with Crippen LogP contribution in [0.5, 0.6) is 0 Å². The molecule has 0 atom stereocenters. The van der Waals surface area contributed by atoms with Crippen molar-refractivity contribution in [2.24, 2.45) is 17.8 Å². The van der Waals surface area contributed by atoms with E-state index < -0.39 is 7.94 Å². The number of Topliss-reactive ketones (excluding diaryl/α,β-unsaturated/α-hetero) is 1. The smallest absolute Gasteiger partial charge is 0.290 e. The van der Waals surface area contributed by atoms with Crippen molar-refractivity contribution in [3.8, 4) is 0 Å². The second kappa shape index (κ2) is 8.60. The number of rotatable bonds is 9. The van der Waals surface area contributed by atoms with Crippen molar-refractivity contribution >= 4 is 29.7 Å². The van der Waals surface area contributed by atoms with Gasteiger partial charge < -0.3 is 0 Å². The molecule has 0 saturated heterocycles. The normalized spacial score (nSPS) is 42.7. The Kier molecular flexibility index (Phi) is 5.84. The van der Waals surface area contributed by atoms with Gasteiger partial charge in [-0.1, -0.05) is 28.1 Å². The zero-order valence-corrected chi connectivity index (χ0v) is 23.3. The van der Waals surface area contributed by atoms with E-state index >= 15 is 0 Å².